The highest BCUT2D eigenvalue weighted by molar-refractivity contribution is 5.81. The van der Waals surface area contributed by atoms with Crippen molar-refractivity contribution in [2.24, 2.45) is 10.8 Å². The first kappa shape index (κ1) is 22.7. The van der Waals surface area contributed by atoms with Gasteiger partial charge in [0.15, 0.2) is 12.3 Å². The molecule has 26 heavy (non-hydrogen) atoms. The quantitative estimate of drug-likeness (QED) is 0.796. The first-order chi connectivity index (χ1) is 11.4. The summed E-state index contributed by atoms with van der Waals surface area (Å²) in [7, 11) is 0. The minimum Gasteiger partial charge on any atom is -1.00 e. The van der Waals surface area contributed by atoms with Crippen molar-refractivity contribution >= 4 is 5.71 Å². The van der Waals surface area contributed by atoms with E-state index in [9.17, 15) is 10.4 Å². The van der Waals surface area contributed by atoms with Gasteiger partial charge < -0.3 is 17.5 Å². The van der Waals surface area contributed by atoms with Crippen LogP contribution in [0.4, 0.5) is 0 Å². The lowest BCUT2D eigenvalue weighted by Crippen LogP contribution is -3.00. The molecule has 1 aliphatic rings. The van der Waals surface area contributed by atoms with Gasteiger partial charge in [-0.1, -0.05) is 58.9 Å². The summed E-state index contributed by atoms with van der Waals surface area (Å²) in [5, 5.41) is 20.0. The summed E-state index contributed by atoms with van der Waals surface area (Å²) >= 11 is 0. The number of aliphatic hydroxyl groups is 1. The lowest BCUT2D eigenvalue weighted by molar-refractivity contribution is -0.474. The van der Waals surface area contributed by atoms with Gasteiger partial charge in [-0.2, -0.15) is 5.26 Å². The predicted molar refractivity (Wildman–Crippen MR) is 102 cm³/mol. The van der Waals surface area contributed by atoms with Crippen molar-refractivity contribution in [3.05, 3.63) is 35.4 Å². The van der Waals surface area contributed by atoms with E-state index in [0.29, 0.717) is 6.54 Å². The lowest BCUT2D eigenvalue weighted by atomic mass is 9.64. The van der Waals surface area contributed by atoms with Gasteiger partial charge in [0.1, 0.15) is 6.10 Å². The van der Waals surface area contributed by atoms with Crippen molar-refractivity contribution in [3.63, 3.8) is 0 Å². The molecule has 0 saturated heterocycles. The van der Waals surface area contributed by atoms with Crippen LogP contribution in [0.15, 0.2) is 24.3 Å². The van der Waals surface area contributed by atoms with Crippen molar-refractivity contribution < 1.29 is 22.5 Å². The number of aliphatic hydroxyl groups excluding tert-OH is 1. The molecule has 2 N–H and O–H groups in total. The molecule has 1 aromatic carbocycles. The Morgan fingerprint density at radius 1 is 1.15 bits per heavy atom. The molecule has 4 heteroatoms. The second kappa shape index (κ2) is 8.11. The number of nitrogens with zero attached hydrogens (tertiary/aromatic N) is 1. The van der Waals surface area contributed by atoms with Gasteiger partial charge in [-0.05, 0) is 35.3 Å². The Balaban J connectivity index is 0.00000338. The van der Waals surface area contributed by atoms with Gasteiger partial charge in [-0.15, -0.1) is 0 Å². The highest BCUT2D eigenvalue weighted by atomic mass is 35.5. The molecule has 2 rings (SSSR count). The Kier molecular flexibility index (Phi) is 7.07. The predicted octanol–water partition coefficient (Wildman–Crippen LogP) is 0.283. The maximum absolute atomic E-state index is 10.5. The molecule has 1 fully saturated rings. The van der Waals surface area contributed by atoms with Crippen LogP contribution in [0, 0.1) is 22.2 Å². The summed E-state index contributed by atoms with van der Waals surface area (Å²) < 4.78 is 0. The maximum atomic E-state index is 10.5. The van der Waals surface area contributed by atoms with Gasteiger partial charge in [-0.25, -0.2) is 4.99 Å². The van der Waals surface area contributed by atoms with E-state index in [1.807, 2.05) is 19.1 Å². The monoisotopic (exact) mass is 376 g/mol. The molecule has 0 amide bonds. The van der Waals surface area contributed by atoms with Crippen LogP contribution in [0.1, 0.15) is 78.0 Å². The number of hydrogen-bond donors (Lipinski definition) is 2. The van der Waals surface area contributed by atoms with Crippen molar-refractivity contribution in [3.8, 4) is 6.07 Å². The molecule has 1 aliphatic carbocycles. The molecule has 1 saturated carbocycles. The van der Waals surface area contributed by atoms with E-state index in [0.717, 1.165) is 24.8 Å². The third kappa shape index (κ3) is 5.83. The fraction of sp³-hybridized carbons (Fsp3) is 0.636. The largest absolute Gasteiger partial charge is 1.00 e. The molecular formula is C22H33ClN2O. The topological polar surface area (TPSA) is 58.0 Å². The number of hydrogen-bond acceptors (Lipinski definition) is 2. The Hall–Kier alpha value is -1.37. The highest BCUT2D eigenvalue weighted by Gasteiger charge is 2.42. The van der Waals surface area contributed by atoms with Crippen molar-refractivity contribution in [1.29, 1.82) is 5.26 Å². The van der Waals surface area contributed by atoms with Gasteiger partial charge in [0.25, 0.3) is 0 Å². The molecule has 0 heterocycles. The van der Waals surface area contributed by atoms with Crippen LogP contribution in [-0.2, 0) is 5.41 Å². The molecule has 0 radical (unpaired) electrons. The fourth-order valence-corrected chi connectivity index (χ4v) is 4.06. The van der Waals surface area contributed by atoms with Gasteiger partial charge in [0.05, 0.1) is 11.5 Å². The molecule has 144 valence electrons. The van der Waals surface area contributed by atoms with Crippen LogP contribution < -0.4 is 17.4 Å². The Labute approximate surface area is 164 Å². The molecule has 0 spiro atoms. The van der Waals surface area contributed by atoms with Crippen molar-refractivity contribution in [2.75, 3.05) is 6.54 Å². The minimum atomic E-state index is -0.542. The Bertz CT molecular complexity index is 680. The van der Waals surface area contributed by atoms with Crippen LogP contribution in [-0.4, -0.2) is 17.4 Å². The fourth-order valence-electron chi connectivity index (χ4n) is 4.06. The van der Waals surface area contributed by atoms with Crippen LogP contribution >= 0.6 is 0 Å². The average molecular weight is 377 g/mol. The van der Waals surface area contributed by atoms with Crippen LogP contribution in [0.2, 0.25) is 0 Å². The van der Waals surface area contributed by atoms with Gasteiger partial charge in [0, 0.05) is 12.8 Å². The van der Waals surface area contributed by atoms with Gasteiger partial charge >= 0.3 is 0 Å². The zero-order chi connectivity index (χ0) is 18.9. The lowest BCUT2D eigenvalue weighted by Gasteiger charge is -2.37. The number of nitrogens with one attached hydrogen (secondary N) is 1. The third-order valence-electron chi connectivity index (χ3n) is 5.14. The normalized spacial score (nSPS) is 25.2. The van der Waals surface area contributed by atoms with Crippen molar-refractivity contribution in [1.82, 2.24) is 0 Å². The highest BCUT2D eigenvalue weighted by Crippen LogP contribution is 2.43. The van der Waals surface area contributed by atoms with E-state index in [1.165, 1.54) is 11.3 Å². The summed E-state index contributed by atoms with van der Waals surface area (Å²) in [4.78, 5) is 3.43. The molecule has 0 aromatic heterocycles. The molecule has 0 bridgehead atoms. The number of halogens is 1. The van der Waals surface area contributed by atoms with E-state index in [4.69, 9.17) is 0 Å². The van der Waals surface area contributed by atoms with Crippen LogP contribution in [0.25, 0.3) is 0 Å². The van der Waals surface area contributed by atoms with E-state index in [-0.39, 0.29) is 28.7 Å². The van der Waals surface area contributed by atoms with E-state index < -0.39 is 6.10 Å². The maximum Gasteiger partial charge on any atom is 0.170 e. The van der Waals surface area contributed by atoms with Gasteiger partial charge in [-0.3, -0.25) is 0 Å². The first-order valence-electron chi connectivity index (χ1n) is 9.22. The molecule has 1 aromatic rings. The average Bonchev–Trinajstić information content (AvgIpc) is 2.50. The van der Waals surface area contributed by atoms with E-state index >= 15 is 0 Å². The zero-order valence-corrected chi connectivity index (χ0v) is 17.7. The number of nitriles is 1. The van der Waals surface area contributed by atoms with Crippen LogP contribution in [0.5, 0.6) is 0 Å². The summed E-state index contributed by atoms with van der Waals surface area (Å²) in [6.07, 6.45) is 2.10. The Morgan fingerprint density at radius 2 is 1.73 bits per heavy atom. The summed E-state index contributed by atoms with van der Waals surface area (Å²) in [5.41, 5.74) is 3.30. The summed E-state index contributed by atoms with van der Waals surface area (Å²) in [5.74, 6) is 0. The molecule has 3 nitrogen and oxygen atoms in total. The SMILES string of the molecule is CC1(C)CC(=[NH+]CC(O)c2ccc(C(C)(C)C)cc2)CC(C)(C#N)C1.[Cl-]. The number of rotatable bonds is 3. The van der Waals surface area contributed by atoms with E-state index in [1.54, 1.807) is 0 Å². The van der Waals surface area contributed by atoms with Gasteiger partial charge in [0.2, 0.25) is 0 Å². The van der Waals surface area contributed by atoms with Crippen molar-refractivity contribution in [2.45, 2.75) is 72.3 Å². The molecule has 2 atom stereocenters. The third-order valence-corrected chi connectivity index (χ3v) is 5.14. The zero-order valence-electron chi connectivity index (χ0n) is 17.0. The summed E-state index contributed by atoms with van der Waals surface area (Å²) in [6.45, 7) is 13.5. The summed E-state index contributed by atoms with van der Waals surface area (Å²) in [6, 6.07) is 10.7. The Morgan fingerprint density at radius 3 is 2.23 bits per heavy atom. The van der Waals surface area contributed by atoms with E-state index in [2.05, 4.69) is 57.8 Å². The smallest absolute Gasteiger partial charge is 0.170 e. The first-order valence-corrected chi connectivity index (χ1v) is 9.22. The number of benzene rings is 1. The second-order valence-electron chi connectivity index (χ2n) is 9.74. The second-order valence-corrected chi connectivity index (χ2v) is 9.74. The standard InChI is InChI=1S/C22H32N2O.ClH/c1-20(2,3)17-9-7-16(8-10-17)19(25)13-24-18-11-21(4,5)14-22(6,12-18)15-23;/h7-10,19,25H,11-14H2,1-6H3;1H. The van der Waals surface area contributed by atoms with Crippen LogP contribution in [0.3, 0.4) is 0 Å². The molecule has 0 aliphatic heterocycles. The molecular weight excluding hydrogens is 344 g/mol. The minimum absolute atomic E-state index is 0. The molecule has 2 unspecified atom stereocenters.